The van der Waals surface area contributed by atoms with Crippen LogP contribution in [0.25, 0.3) is 10.8 Å². The maximum Gasteiger partial charge on any atom is 0.0781 e. The van der Waals surface area contributed by atoms with E-state index in [4.69, 9.17) is 0 Å². The molecule has 0 amide bonds. The highest BCUT2D eigenvalue weighted by Gasteiger charge is 2.24. The van der Waals surface area contributed by atoms with E-state index in [1.807, 2.05) is 0 Å². The first-order chi connectivity index (χ1) is 17.9. The van der Waals surface area contributed by atoms with Crippen molar-refractivity contribution in [1.82, 2.24) is 0 Å². The molecule has 0 aliphatic heterocycles. The second-order valence-electron chi connectivity index (χ2n) is 8.67. The molecule has 0 radical (unpaired) electrons. The second-order valence-corrected chi connectivity index (χ2v) is 8.67. The van der Waals surface area contributed by atoms with Gasteiger partial charge in [0.2, 0.25) is 0 Å². The third-order valence-electron chi connectivity index (χ3n) is 6.40. The van der Waals surface area contributed by atoms with E-state index in [0.717, 1.165) is 34.1 Å². The van der Waals surface area contributed by atoms with Crippen molar-refractivity contribution < 1.29 is 0 Å². The summed E-state index contributed by atoms with van der Waals surface area (Å²) in [5.41, 5.74) is 6.70. The highest BCUT2D eigenvalue weighted by atomic mass is 15.2. The van der Waals surface area contributed by atoms with Crippen LogP contribution < -0.4 is 9.80 Å². The average molecular weight is 463 g/mol. The summed E-state index contributed by atoms with van der Waals surface area (Å²) in [5, 5.41) is 2.40. The van der Waals surface area contributed by atoms with Crippen molar-refractivity contribution in [2.24, 2.45) is 0 Å². The first-order valence-electron chi connectivity index (χ1n) is 12.2. The van der Waals surface area contributed by atoms with E-state index >= 15 is 0 Å². The standard InChI is InChI=1S/C34H26N2/c1-5-16-28(17-6-1)35(29-18-7-2-8-19-29)33-26-25-27-15-13-14-24-32(27)34(33)36(30-20-9-3-10-21-30)31-22-11-4-12-23-31/h1-26H. The van der Waals surface area contributed by atoms with E-state index in [0.29, 0.717) is 0 Å². The molecule has 36 heavy (non-hydrogen) atoms. The van der Waals surface area contributed by atoms with Gasteiger partial charge in [0, 0.05) is 28.1 Å². The van der Waals surface area contributed by atoms with E-state index in [-0.39, 0.29) is 0 Å². The Morgan fingerprint density at radius 3 is 1.17 bits per heavy atom. The molecule has 0 heterocycles. The van der Waals surface area contributed by atoms with Gasteiger partial charge in [0.25, 0.3) is 0 Å². The summed E-state index contributed by atoms with van der Waals surface area (Å²) >= 11 is 0. The molecule has 6 rings (SSSR count). The van der Waals surface area contributed by atoms with Gasteiger partial charge in [-0.2, -0.15) is 0 Å². The van der Waals surface area contributed by atoms with Crippen molar-refractivity contribution in [3.8, 4) is 0 Å². The molecule has 0 aliphatic rings. The third-order valence-corrected chi connectivity index (χ3v) is 6.40. The lowest BCUT2D eigenvalue weighted by Crippen LogP contribution is -2.17. The zero-order valence-electron chi connectivity index (χ0n) is 19.9. The van der Waals surface area contributed by atoms with Gasteiger partial charge in [0.1, 0.15) is 0 Å². The Hall–Kier alpha value is -4.82. The Balaban J connectivity index is 1.71. The molecule has 2 nitrogen and oxygen atoms in total. The molecule has 0 fully saturated rings. The summed E-state index contributed by atoms with van der Waals surface area (Å²) < 4.78 is 0. The zero-order valence-corrected chi connectivity index (χ0v) is 19.9. The molecule has 2 heteroatoms. The van der Waals surface area contributed by atoms with E-state index in [2.05, 4.69) is 168 Å². The normalized spacial score (nSPS) is 10.8. The number of hydrogen-bond donors (Lipinski definition) is 0. The van der Waals surface area contributed by atoms with E-state index < -0.39 is 0 Å². The molecule has 6 aromatic rings. The minimum Gasteiger partial charge on any atom is -0.308 e. The Morgan fingerprint density at radius 1 is 0.306 bits per heavy atom. The van der Waals surface area contributed by atoms with Gasteiger partial charge < -0.3 is 9.80 Å². The van der Waals surface area contributed by atoms with Crippen LogP contribution in [-0.4, -0.2) is 0 Å². The Labute approximate surface area is 212 Å². The lowest BCUT2D eigenvalue weighted by Gasteiger charge is -2.34. The molecule has 0 saturated heterocycles. The molecule has 0 N–H and O–H groups in total. The molecular formula is C34H26N2. The number of fused-ring (bicyclic) bond motifs is 1. The minimum absolute atomic E-state index is 1.11. The van der Waals surface area contributed by atoms with Crippen molar-refractivity contribution in [3.05, 3.63) is 158 Å². The second kappa shape index (κ2) is 9.81. The average Bonchev–Trinajstić information content (AvgIpc) is 2.96. The summed E-state index contributed by atoms with van der Waals surface area (Å²) in [6, 6.07) is 55.5. The zero-order chi connectivity index (χ0) is 24.2. The summed E-state index contributed by atoms with van der Waals surface area (Å²) in [6.07, 6.45) is 0. The van der Waals surface area contributed by atoms with Gasteiger partial charge in [-0.3, -0.25) is 0 Å². The third kappa shape index (κ3) is 4.10. The molecule has 0 saturated carbocycles. The molecule has 0 spiro atoms. The highest BCUT2D eigenvalue weighted by Crippen LogP contribution is 2.48. The van der Waals surface area contributed by atoms with Crippen molar-refractivity contribution in [1.29, 1.82) is 0 Å². The van der Waals surface area contributed by atoms with Crippen molar-refractivity contribution in [2.75, 3.05) is 9.80 Å². The van der Waals surface area contributed by atoms with Crippen LogP contribution in [0.2, 0.25) is 0 Å². The largest absolute Gasteiger partial charge is 0.308 e. The van der Waals surface area contributed by atoms with E-state index in [1.165, 1.54) is 10.8 Å². The smallest absolute Gasteiger partial charge is 0.0781 e. The first kappa shape index (κ1) is 21.7. The Morgan fingerprint density at radius 2 is 0.694 bits per heavy atom. The van der Waals surface area contributed by atoms with Crippen molar-refractivity contribution in [2.45, 2.75) is 0 Å². The number of benzene rings is 6. The molecule has 0 unspecified atom stereocenters. The number of hydrogen-bond acceptors (Lipinski definition) is 2. The molecule has 0 aromatic heterocycles. The number of para-hydroxylation sites is 4. The highest BCUT2D eigenvalue weighted by molar-refractivity contribution is 6.07. The van der Waals surface area contributed by atoms with Crippen LogP contribution in [0.1, 0.15) is 0 Å². The lowest BCUT2D eigenvalue weighted by atomic mass is 10.0. The van der Waals surface area contributed by atoms with Crippen LogP contribution in [-0.2, 0) is 0 Å². The monoisotopic (exact) mass is 462 g/mol. The predicted molar refractivity (Wildman–Crippen MR) is 153 cm³/mol. The van der Waals surface area contributed by atoms with Crippen LogP contribution in [0, 0.1) is 0 Å². The van der Waals surface area contributed by atoms with Crippen molar-refractivity contribution in [3.63, 3.8) is 0 Å². The van der Waals surface area contributed by atoms with Crippen LogP contribution in [0.4, 0.5) is 34.1 Å². The number of rotatable bonds is 6. The summed E-state index contributed by atoms with van der Waals surface area (Å²) in [6.45, 7) is 0. The van der Waals surface area contributed by atoms with Crippen molar-refractivity contribution >= 4 is 44.9 Å². The van der Waals surface area contributed by atoms with Gasteiger partial charge >= 0.3 is 0 Å². The van der Waals surface area contributed by atoms with Gasteiger partial charge in [0.05, 0.1) is 11.4 Å². The molecule has 0 aliphatic carbocycles. The van der Waals surface area contributed by atoms with Gasteiger partial charge in [-0.1, -0.05) is 103 Å². The van der Waals surface area contributed by atoms with Crippen LogP contribution in [0.15, 0.2) is 158 Å². The van der Waals surface area contributed by atoms with E-state index in [1.54, 1.807) is 0 Å². The molecule has 6 aromatic carbocycles. The molecular weight excluding hydrogens is 436 g/mol. The maximum atomic E-state index is 2.37. The summed E-state index contributed by atoms with van der Waals surface area (Å²) in [5.74, 6) is 0. The predicted octanol–water partition coefficient (Wildman–Crippen LogP) is 9.78. The van der Waals surface area contributed by atoms with E-state index in [9.17, 15) is 0 Å². The first-order valence-corrected chi connectivity index (χ1v) is 12.2. The topological polar surface area (TPSA) is 6.48 Å². The summed E-state index contributed by atoms with van der Waals surface area (Å²) in [7, 11) is 0. The van der Waals surface area contributed by atoms with Gasteiger partial charge in [-0.25, -0.2) is 0 Å². The lowest BCUT2D eigenvalue weighted by molar-refractivity contribution is 1.24. The fraction of sp³-hybridized carbons (Fsp3) is 0. The number of anilines is 6. The maximum absolute atomic E-state index is 2.37. The molecule has 0 atom stereocenters. The minimum atomic E-state index is 1.11. The molecule has 172 valence electrons. The van der Waals surface area contributed by atoms with Gasteiger partial charge in [0.15, 0.2) is 0 Å². The van der Waals surface area contributed by atoms with Crippen LogP contribution in [0.3, 0.4) is 0 Å². The molecule has 0 bridgehead atoms. The quantitative estimate of drug-likeness (QED) is 0.243. The SMILES string of the molecule is c1ccc(N(c2ccccc2)c2ccc3ccccc3c2N(c2ccccc2)c2ccccc2)cc1. The fourth-order valence-electron chi connectivity index (χ4n) is 4.80. The van der Waals surface area contributed by atoms with Gasteiger partial charge in [-0.15, -0.1) is 0 Å². The number of nitrogens with zero attached hydrogens (tertiary/aromatic N) is 2. The Bertz CT molecular complexity index is 1480. The van der Waals surface area contributed by atoms with Gasteiger partial charge in [-0.05, 0) is 60.0 Å². The van der Waals surface area contributed by atoms with Crippen LogP contribution >= 0.6 is 0 Å². The Kier molecular flexibility index (Phi) is 5.91. The summed E-state index contributed by atoms with van der Waals surface area (Å²) in [4.78, 5) is 4.72. The fourth-order valence-corrected chi connectivity index (χ4v) is 4.80. The van der Waals surface area contributed by atoms with Crippen LogP contribution in [0.5, 0.6) is 0 Å².